The zero-order valence-electron chi connectivity index (χ0n) is 8.46. The lowest BCUT2D eigenvalue weighted by molar-refractivity contribution is 0.322. The fraction of sp³-hybridized carbons (Fsp3) is 0.400. The molecule has 4 heteroatoms. The minimum atomic E-state index is -0.559. The van der Waals surface area contributed by atoms with Crippen LogP contribution in [0.3, 0.4) is 0 Å². The summed E-state index contributed by atoms with van der Waals surface area (Å²) in [5.74, 6) is 1.42. The van der Waals surface area contributed by atoms with Gasteiger partial charge in [-0.1, -0.05) is 0 Å². The van der Waals surface area contributed by atoms with E-state index in [2.05, 4.69) is 0 Å². The summed E-state index contributed by atoms with van der Waals surface area (Å²) in [6.45, 7) is -0.559. The number of hydrogen-bond donors (Lipinski definition) is 0. The van der Waals surface area contributed by atoms with Gasteiger partial charge in [0.1, 0.15) is 6.67 Å². The van der Waals surface area contributed by atoms with E-state index in [0.29, 0.717) is 22.8 Å². The second kappa shape index (κ2) is 4.69. The molecule has 0 atom stereocenters. The van der Waals surface area contributed by atoms with Crippen molar-refractivity contribution in [3.05, 3.63) is 17.7 Å². The van der Waals surface area contributed by atoms with Crippen molar-refractivity contribution in [2.75, 3.05) is 21.3 Å². The van der Waals surface area contributed by atoms with Gasteiger partial charge in [0.05, 0.1) is 21.3 Å². The summed E-state index contributed by atoms with van der Waals surface area (Å²) in [5, 5.41) is 0. The van der Waals surface area contributed by atoms with Gasteiger partial charge < -0.3 is 14.2 Å². The highest BCUT2D eigenvalue weighted by Gasteiger charge is 2.12. The fourth-order valence-electron chi connectivity index (χ4n) is 1.21. The Bertz CT molecular complexity index is 287. The summed E-state index contributed by atoms with van der Waals surface area (Å²) < 4.78 is 27.6. The van der Waals surface area contributed by atoms with Crippen molar-refractivity contribution in [3.8, 4) is 17.2 Å². The molecule has 0 N–H and O–H groups in total. The van der Waals surface area contributed by atoms with E-state index < -0.39 is 6.67 Å². The van der Waals surface area contributed by atoms with Crippen LogP contribution >= 0.6 is 0 Å². The van der Waals surface area contributed by atoms with E-state index in [-0.39, 0.29) is 0 Å². The van der Waals surface area contributed by atoms with E-state index in [0.717, 1.165) is 0 Å². The van der Waals surface area contributed by atoms with Crippen LogP contribution in [0.25, 0.3) is 0 Å². The van der Waals surface area contributed by atoms with E-state index in [1.807, 2.05) is 0 Å². The molecule has 0 aliphatic heterocycles. The molecule has 0 bridgehead atoms. The van der Waals surface area contributed by atoms with E-state index in [4.69, 9.17) is 14.2 Å². The number of alkyl halides is 1. The molecule has 0 saturated carbocycles. The Morgan fingerprint density at radius 3 is 1.79 bits per heavy atom. The molecule has 0 aliphatic rings. The molecule has 1 aromatic rings. The highest BCUT2D eigenvalue weighted by atomic mass is 19.1. The summed E-state index contributed by atoms with van der Waals surface area (Å²) in [6.07, 6.45) is 0. The lowest BCUT2D eigenvalue weighted by atomic mass is 10.2. The largest absolute Gasteiger partial charge is 0.493 e. The highest BCUT2D eigenvalue weighted by Crippen LogP contribution is 2.38. The van der Waals surface area contributed by atoms with Crippen molar-refractivity contribution < 1.29 is 18.6 Å². The molecule has 1 aromatic carbocycles. The third-order valence-corrected chi connectivity index (χ3v) is 1.88. The summed E-state index contributed by atoms with van der Waals surface area (Å²) in [7, 11) is 4.51. The molecule has 0 aromatic heterocycles. The van der Waals surface area contributed by atoms with Gasteiger partial charge in [-0.15, -0.1) is 0 Å². The molecule has 0 spiro atoms. The number of benzene rings is 1. The van der Waals surface area contributed by atoms with E-state index in [9.17, 15) is 4.39 Å². The van der Waals surface area contributed by atoms with E-state index in [1.54, 1.807) is 12.1 Å². The zero-order valence-corrected chi connectivity index (χ0v) is 8.46. The Balaban J connectivity index is 3.24. The van der Waals surface area contributed by atoms with Gasteiger partial charge >= 0.3 is 0 Å². The van der Waals surface area contributed by atoms with Crippen LogP contribution in [0.4, 0.5) is 4.39 Å². The molecule has 0 saturated heterocycles. The maximum Gasteiger partial charge on any atom is 0.203 e. The van der Waals surface area contributed by atoms with Crippen molar-refractivity contribution in [1.29, 1.82) is 0 Å². The summed E-state index contributed by atoms with van der Waals surface area (Å²) >= 11 is 0. The monoisotopic (exact) mass is 200 g/mol. The molecular formula is C10H13FO3. The minimum Gasteiger partial charge on any atom is -0.493 e. The first-order valence-electron chi connectivity index (χ1n) is 4.11. The Morgan fingerprint density at radius 1 is 1.00 bits per heavy atom. The normalized spacial score (nSPS) is 9.71. The van der Waals surface area contributed by atoms with Crippen LogP contribution in [0.2, 0.25) is 0 Å². The molecule has 0 amide bonds. The fourth-order valence-corrected chi connectivity index (χ4v) is 1.21. The van der Waals surface area contributed by atoms with Gasteiger partial charge in [-0.05, 0) is 17.7 Å². The topological polar surface area (TPSA) is 27.7 Å². The predicted octanol–water partition coefficient (Wildman–Crippen LogP) is 2.18. The Morgan fingerprint density at radius 2 is 1.50 bits per heavy atom. The lowest BCUT2D eigenvalue weighted by Gasteiger charge is -2.12. The SMILES string of the molecule is COc1cc(CF)cc(OC)c1OC. The summed E-state index contributed by atoms with van der Waals surface area (Å²) in [5.41, 5.74) is 0.500. The Kier molecular flexibility index (Phi) is 3.56. The average molecular weight is 200 g/mol. The number of hydrogen-bond acceptors (Lipinski definition) is 3. The van der Waals surface area contributed by atoms with E-state index >= 15 is 0 Å². The van der Waals surface area contributed by atoms with Crippen LogP contribution in [-0.2, 0) is 6.67 Å². The summed E-state index contributed by atoms with van der Waals surface area (Å²) in [4.78, 5) is 0. The lowest BCUT2D eigenvalue weighted by Crippen LogP contribution is -1.96. The van der Waals surface area contributed by atoms with E-state index in [1.165, 1.54) is 21.3 Å². The first-order chi connectivity index (χ1) is 6.76. The number of rotatable bonds is 4. The van der Waals surface area contributed by atoms with Crippen molar-refractivity contribution in [1.82, 2.24) is 0 Å². The molecule has 0 fully saturated rings. The van der Waals surface area contributed by atoms with Crippen molar-refractivity contribution >= 4 is 0 Å². The van der Waals surface area contributed by atoms with Gasteiger partial charge in [-0.25, -0.2) is 4.39 Å². The highest BCUT2D eigenvalue weighted by molar-refractivity contribution is 5.53. The summed E-state index contributed by atoms with van der Waals surface area (Å²) in [6, 6.07) is 3.17. The quantitative estimate of drug-likeness (QED) is 0.745. The molecule has 0 radical (unpaired) electrons. The molecule has 1 rings (SSSR count). The van der Waals surface area contributed by atoms with Crippen LogP contribution in [0.15, 0.2) is 12.1 Å². The van der Waals surface area contributed by atoms with Crippen LogP contribution in [0.1, 0.15) is 5.56 Å². The standard InChI is InChI=1S/C10H13FO3/c1-12-8-4-7(6-11)5-9(13-2)10(8)14-3/h4-5H,6H2,1-3H3. The number of methoxy groups -OCH3 is 3. The maximum absolute atomic E-state index is 12.4. The molecule has 3 nitrogen and oxygen atoms in total. The van der Waals surface area contributed by atoms with Gasteiger partial charge in [0.2, 0.25) is 5.75 Å². The van der Waals surface area contributed by atoms with Crippen molar-refractivity contribution in [3.63, 3.8) is 0 Å². The second-order valence-corrected chi connectivity index (χ2v) is 2.67. The van der Waals surface area contributed by atoms with Gasteiger partial charge in [-0.3, -0.25) is 0 Å². The Hall–Kier alpha value is -1.45. The molecular weight excluding hydrogens is 187 g/mol. The predicted molar refractivity (Wildman–Crippen MR) is 50.9 cm³/mol. The van der Waals surface area contributed by atoms with Crippen molar-refractivity contribution in [2.45, 2.75) is 6.67 Å². The molecule has 14 heavy (non-hydrogen) atoms. The zero-order chi connectivity index (χ0) is 10.6. The van der Waals surface area contributed by atoms with Crippen LogP contribution in [0.5, 0.6) is 17.2 Å². The second-order valence-electron chi connectivity index (χ2n) is 2.67. The van der Waals surface area contributed by atoms with Crippen LogP contribution < -0.4 is 14.2 Å². The minimum absolute atomic E-state index is 0.472. The first kappa shape index (κ1) is 10.6. The Labute approximate surface area is 82.4 Å². The maximum atomic E-state index is 12.4. The van der Waals surface area contributed by atoms with Gasteiger partial charge in [0.25, 0.3) is 0 Å². The molecule has 0 aliphatic carbocycles. The molecule has 0 heterocycles. The number of ether oxygens (including phenoxy) is 3. The van der Waals surface area contributed by atoms with Crippen LogP contribution in [0, 0.1) is 0 Å². The third kappa shape index (κ3) is 1.89. The van der Waals surface area contributed by atoms with Crippen molar-refractivity contribution in [2.24, 2.45) is 0 Å². The van der Waals surface area contributed by atoms with Gasteiger partial charge in [-0.2, -0.15) is 0 Å². The smallest absolute Gasteiger partial charge is 0.203 e. The van der Waals surface area contributed by atoms with Crippen LogP contribution in [-0.4, -0.2) is 21.3 Å². The first-order valence-corrected chi connectivity index (χ1v) is 4.11. The van der Waals surface area contributed by atoms with Gasteiger partial charge in [0.15, 0.2) is 11.5 Å². The third-order valence-electron chi connectivity index (χ3n) is 1.88. The molecule has 78 valence electrons. The van der Waals surface area contributed by atoms with Gasteiger partial charge in [0, 0.05) is 0 Å². The number of halogens is 1. The molecule has 0 unspecified atom stereocenters. The average Bonchev–Trinajstić information content (AvgIpc) is 2.26.